The molecule has 0 N–H and O–H groups in total. The Hall–Kier alpha value is -2.44. The van der Waals surface area contributed by atoms with Crippen molar-refractivity contribution in [1.82, 2.24) is 4.98 Å². The number of hydrogen-bond donors (Lipinski definition) is 0. The SMILES string of the molecule is CO[CH-]c1ccccc1.[C-]#N.[Ir+3].[c-]1ccccc1-c1ccccn1. The minimum absolute atomic E-state index is 0. The maximum absolute atomic E-state index is 6.25. The topological polar surface area (TPSA) is 45.9 Å². The summed E-state index contributed by atoms with van der Waals surface area (Å²) in [6.07, 6.45) is 1.79. The van der Waals surface area contributed by atoms with Gasteiger partial charge in [-0.25, -0.2) is 0 Å². The largest absolute Gasteiger partial charge is 3.00 e. The van der Waals surface area contributed by atoms with Crippen LogP contribution in [0.25, 0.3) is 11.3 Å². The van der Waals surface area contributed by atoms with Crippen LogP contribution in [0.3, 0.4) is 0 Å². The average Bonchev–Trinajstić information content (AvgIpc) is 2.67. The van der Waals surface area contributed by atoms with Gasteiger partial charge in [0.1, 0.15) is 0 Å². The second kappa shape index (κ2) is 14.2. The molecular formula is C20H17IrN2O. The summed E-state index contributed by atoms with van der Waals surface area (Å²) in [5.74, 6) is 0. The molecule has 0 saturated carbocycles. The van der Waals surface area contributed by atoms with E-state index < -0.39 is 0 Å². The van der Waals surface area contributed by atoms with E-state index in [1.54, 1.807) is 19.9 Å². The molecule has 24 heavy (non-hydrogen) atoms. The van der Waals surface area contributed by atoms with Crippen molar-refractivity contribution in [1.29, 1.82) is 5.26 Å². The Morgan fingerprint density at radius 3 is 2.17 bits per heavy atom. The van der Waals surface area contributed by atoms with Crippen LogP contribution in [0.1, 0.15) is 5.56 Å². The Morgan fingerprint density at radius 1 is 0.958 bits per heavy atom. The monoisotopic (exact) mass is 494 g/mol. The van der Waals surface area contributed by atoms with E-state index in [1.165, 1.54) is 0 Å². The van der Waals surface area contributed by atoms with Gasteiger partial charge in [0, 0.05) is 13.3 Å². The van der Waals surface area contributed by atoms with E-state index in [1.807, 2.05) is 72.8 Å². The normalized spacial score (nSPS) is 8.29. The maximum atomic E-state index is 6.25. The standard InChI is InChI=1S/C11H8N.C8H9O.CN.Ir/c1-2-6-10(7-3-1)11-8-4-5-9-12-11;1-9-7-8-5-3-2-4-6-8;1-2;/h1-6,8-9H;2-7H,1H3;;/q3*-1;+3. The first-order valence-corrected chi connectivity index (χ1v) is 6.91. The molecule has 122 valence electrons. The summed E-state index contributed by atoms with van der Waals surface area (Å²) < 4.78 is 4.80. The van der Waals surface area contributed by atoms with Gasteiger partial charge in [-0.15, -0.1) is 48.0 Å². The number of aromatic nitrogens is 1. The summed E-state index contributed by atoms with van der Waals surface area (Å²) in [5.41, 5.74) is 3.11. The van der Waals surface area contributed by atoms with Crippen molar-refractivity contribution in [3.05, 3.63) is 104 Å². The first-order chi connectivity index (χ1) is 11.4. The van der Waals surface area contributed by atoms with Crippen LogP contribution in [0, 0.1) is 24.5 Å². The van der Waals surface area contributed by atoms with Crippen LogP contribution < -0.4 is 0 Å². The van der Waals surface area contributed by atoms with Crippen LogP contribution in [-0.2, 0) is 24.8 Å². The zero-order valence-electron chi connectivity index (χ0n) is 13.2. The molecule has 0 amide bonds. The van der Waals surface area contributed by atoms with Crippen molar-refractivity contribution in [2.24, 2.45) is 0 Å². The molecular weight excluding hydrogens is 476 g/mol. The quantitative estimate of drug-likeness (QED) is 0.506. The molecule has 3 aromatic rings. The van der Waals surface area contributed by atoms with Crippen molar-refractivity contribution in [2.75, 3.05) is 7.11 Å². The fraction of sp³-hybridized carbons (Fsp3) is 0.0500. The number of pyridine rings is 1. The molecule has 1 heterocycles. The van der Waals surface area contributed by atoms with Crippen LogP contribution in [0.4, 0.5) is 0 Å². The number of hydrogen-bond acceptors (Lipinski definition) is 3. The zero-order chi connectivity index (χ0) is 16.8. The molecule has 0 aliphatic carbocycles. The Balaban J connectivity index is 0.000000398. The molecule has 0 radical (unpaired) electrons. The molecule has 0 bridgehead atoms. The Bertz CT molecular complexity index is 621. The van der Waals surface area contributed by atoms with Crippen molar-refractivity contribution in [2.45, 2.75) is 0 Å². The van der Waals surface area contributed by atoms with Crippen molar-refractivity contribution >= 4 is 0 Å². The van der Waals surface area contributed by atoms with Crippen molar-refractivity contribution < 1.29 is 24.8 Å². The second-order valence-electron chi connectivity index (χ2n) is 4.26. The summed E-state index contributed by atoms with van der Waals surface area (Å²) in [6, 6.07) is 26.7. The average molecular weight is 494 g/mol. The van der Waals surface area contributed by atoms with Crippen LogP contribution in [0.15, 0.2) is 79.0 Å². The number of methoxy groups -OCH3 is 1. The molecule has 3 rings (SSSR count). The summed E-state index contributed by atoms with van der Waals surface area (Å²) in [6.45, 7) is 6.46. The van der Waals surface area contributed by atoms with Gasteiger partial charge < -0.3 is 21.6 Å². The molecule has 2 aromatic carbocycles. The van der Waals surface area contributed by atoms with Gasteiger partial charge in [0.05, 0.1) is 0 Å². The fourth-order valence-electron chi connectivity index (χ4n) is 1.74. The molecule has 1 aromatic heterocycles. The number of nitrogens with zero attached hydrogens (tertiary/aromatic N) is 2. The third-order valence-corrected chi connectivity index (χ3v) is 2.70. The first kappa shape index (κ1) is 21.6. The molecule has 0 spiro atoms. The van der Waals surface area contributed by atoms with E-state index in [2.05, 4.69) is 11.1 Å². The van der Waals surface area contributed by atoms with Gasteiger partial charge in [-0.05, 0) is 11.8 Å². The molecule has 0 aliphatic rings. The summed E-state index contributed by atoms with van der Waals surface area (Å²) in [4.78, 5) is 4.22. The van der Waals surface area contributed by atoms with Crippen LogP contribution in [0.2, 0.25) is 0 Å². The van der Waals surface area contributed by atoms with Crippen LogP contribution in [0.5, 0.6) is 0 Å². The van der Waals surface area contributed by atoms with E-state index in [9.17, 15) is 0 Å². The Morgan fingerprint density at radius 2 is 1.62 bits per heavy atom. The summed E-state index contributed by atoms with van der Waals surface area (Å²) >= 11 is 0. The van der Waals surface area contributed by atoms with E-state index in [0.717, 1.165) is 16.8 Å². The van der Waals surface area contributed by atoms with Gasteiger partial charge in [-0.2, -0.15) is 17.7 Å². The molecule has 0 aliphatic heterocycles. The van der Waals surface area contributed by atoms with Crippen LogP contribution in [-0.4, -0.2) is 12.1 Å². The van der Waals surface area contributed by atoms with Gasteiger partial charge in [-0.1, -0.05) is 24.8 Å². The molecule has 0 saturated heterocycles. The van der Waals surface area contributed by atoms with Gasteiger partial charge in [0.2, 0.25) is 0 Å². The van der Waals surface area contributed by atoms with Gasteiger partial charge in [-0.3, -0.25) is 0 Å². The summed E-state index contributed by atoms with van der Waals surface area (Å²) in [7, 11) is 1.65. The minimum atomic E-state index is 0. The zero-order valence-corrected chi connectivity index (χ0v) is 15.6. The minimum Gasteiger partial charge on any atom is -0.512 e. The number of benzene rings is 2. The molecule has 0 atom stereocenters. The predicted octanol–water partition coefficient (Wildman–Crippen LogP) is 4.49. The van der Waals surface area contributed by atoms with Gasteiger partial charge in [0.15, 0.2) is 0 Å². The Kier molecular flexibility index (Phi) is 12.7. The third kappa shape index (κ3) is 8.26. The fourth-order valence-corrected chi connectivity index (χ4v) is 1.74. The number of ether oxygens (including phenoxy) is 1. The van der Waals surface area contributed by atoms with Gasteiger partial charge in [0.25, 0.3) is 0 Å². The predicted molar refractivity (Wildman–Crippen MR) is 90.3 cm³/mol. The van der Waals surface area contributed by atoms with Crippen molar-refractivity contribution in [3.8, 4) is 11.3 Å². The maximum Gasteiger partial charge on any atom is 3.00 e. The molecule has 0 fully saturated rings. The first-order valence-electron chi connectivity index (χ1n) is 6.91. The third-order valence-electron chi connectivity index (χ3n) is 2.70. The summed E-state index contributed by atoms with van der Waals surface area (Å²) in [5, 5.41) is 6.25. The molecule has 4 heteroatoms. The van der Waals surface area contributed by atoms with Crippen LogP contribution >= 0.6 is 0 Å². The van der Waals surface area contributed by atoms with E-state index in [-0.39, 0.29) is 20.1 Å². The molecule has 0 unspecified atom stereocenters. The number of rotatable bonds is 3. The van der Waals surface area contributed by atoms with E-state index in [0.29, 0.717) is 0 Å². The van der Waals surface area contributed by atoms with E-state index in [4.69, 9.17) is 16.6 Å². The van der Waals surface area contributed by atoms with Gasteiger partial charge >= 0.3 is 20.1 Å². The Labute approximate surface area is 157 Å². The van der Waals surface area contributed by atoms with E-state index >= 15 is 0 Å². The smallest absolute Gasteiger partial charge is 0.512 e. The second-order valence-corrected chi connectivity index (χ2v) is 4.26. The molecule has 3 nitrogen and oxygen atoms in total. The van der Waals surface area contributed by atoms with Crippen molar-refractivity contribution in [3.63, 3.8) is 0 Å².